The van der Waals surface area contributed by atoms with E-state index in [1.165, 1.54) is 36.3 Å². The van der Waals surface area contributed by atoms with Gasteiger partial charge in [-0.2, -0.15) is 0 Å². The molecule has 0 unspecified atom stereocenters. The summed E-state index contributed by atoms with van der Waals surface area (Å²) in [6.07, 6.45) is 8.26. The highest BCUT2D eigenvalue weighted by molar-refractivity contribution is 6.12. The molecule has 0 saturated carbocycles. The van der Waals surface area contributed by atoms with Crippen molar-refractivity contribution < 1.29 is 9.59 Å². The highest BCUT2D eigenvalue weighted by Gasteiger charge is 2.21. The number of carbonyl (C=O) groups is 2. The third-order valence-corrected chi connectivity index (χ3v) is 2.71. The van der Waals surface area contributed by atoms with Crippen LogP contribution in [0.1, 0.15) is 32.1 Å². The van der Waals surface area contributed by atoms with E-state index in [1.54, 1.807) is 0 Å². The molecule has 4 heteroatoms. The topological polar surface area (TPSA) is 49.4 Å². The van der Waals surface area contributed by atoms with Gasteiger partial charge in [-0.15, -0.1) is 0 Å². The van der Waals surface area contributed by atoms with Gasteiger partial charge in [0.2, 0.25) is 0 Å². The molecule has 4 nitrogen and oxygen atoms in total. The molecule has 1 aliphatic rings. The molecule has 1 aliphatic heterocycles. The van der Waals surface area contributed by atoms with Gasteiger partial charge in [-0.25, -0.2) is 0 Å². The zero-order valence-corrected chi connectivity index (χ0v) is 9.87. The van der Waals surface area contributed by atoms with E-state index in [0.717, 1.165) is 19.4 Å². The Hall–Kier alpha value is -1.16. The number of unbranched alkanes of at least 4 members (excludes halogenated alkanes) is 4. The van der Waals surface area contributed by atoms with E-state index in [4.69, 9.17) is 0 Å². The van der Waals surface area contributed by atoms with Gasteiger partial charge >= 0.3 is 0 Å². The predicted octanol–water partition coefficient (Wildman–Crippen LogP) is 1.08. The van der Waals surface area contributed by atoms with Gasteiger partial charge in [0.1, 0.15) is 0 Å². The third kappa shape index (κ3) is 4.14. The Bertz CT molecular complexity index is 256. The summed E-state index contributed by atoms with van der Waals surface area (Å²) >= 11 is 0. The number of nitrogens with zero attached hydrogens (tertiary/aromatic N) is 1. The number of hydrogen-bond acceptors (Lipinski definition) is 3. The Morgan fingerprint density at radius 3 is 2.19 bits per heavy atom. The first kappa shape index (κ1) is 12.9. The summed E-state index contributed by atoms with van der Waals surface area (Å²) in [4.78, 5) is 23.7. The monoisotopic (exact) mass is 224 g/mol. The molecule has 0 radical (unpaired) electrons. The predicted molar refractivity (Wildman–Crippen MR) is 62.9 cm³/mol. The van der Waals surface area contributed by atoms with E-state index < -0.39 is 0 Å². The van der Waals surface area contributed by atoms with Crippen molar-refractivity contribution in [2.45, 2.75) is 32.1 Å². The van der Waals surface area contributed by atoms with E-state index >= 15 is 0 Å². The van der Waals surface area contributed by atoms with Crippen molar-refractivity contribution in [3.63, 3.8) is 0 Å². The highest BCUT2D eigenvalue weighted by Crippen LogP contribution is 2.08. The molecule has 1 rings (SSSR count). The summed E-state index contributed by atoms with van der Waals surface area (Å²) in [6, 6.07) is 0. The van der Waals surface area contributed by atoms with Crippen LogP contribution in [0.15, 0.2) is 12.2 Å². The van der Waals surface area contributed by atoms with E-state index in [9.17, 15) is 9.59 Å². The van der Waals surface area contributed by atoms with Crippen molar-refractivity contribution in [2.24, 2.45) is 0 Å². The number of hydrogen-bond donors (Lipinski definition) is 1. The molecule has 1 heterocycles. The standard InChI is InChI=1S/C12H20N2O2/c1-13-9-5-3-2-4-6-10-14-11(15)7-8-12(14)16/h7-8,13H,2-6,9-10H2,1H3. The number of rotatable bonds is 8. The fraction of sp³-hybridized carbons (Fsp3) is 0.667. The third-order valence-electron chi connectivity index (χ3n) is 2.71. The molecule has 1 N–H and O–H groups in total. The lowest BCUT2D eigenvalue weighted by atomic mass is 10.1. The Labute approximate surface area is 96.7 Å². The van der Waals surface area contributed by atoms with E-state index in [-0.39, 0.29) is 11.8 Å². The summed E-state index contributed by atoms with van der Waals surface area (Å²) in [5, 5.41) is 3.11. The molecule has 90 valence electrons. The number of amides is 2. The number of nitrogens with one attached hydrogen (secondary N) is 1. The van der Waals surface area contributed by atoms with Crippen LogP contribution in [0.4, 0.5) is 0 Å². The average Bonchev–Trinajstić information content (AvgIpc) is 2.59. The minimum Gasteiger partial charge on any atom is -0.320 e. The Morgan fingerprint density at radius 1 is 1.00 bits per heavy atom. The molecule has 0 bridgehead atoms. The minimum absolute atomic E-state index is 0.166. The van der Waals surface area contributed by atoms with Gasteiger partial charge in [-0.05, 0) is 26.4 Å². The minimum atomic E-state index is -0.166. The second-order valence-electron chi connectivity index (χ2n) is 4.03. The number of carbonyl (C=O) groups excluding carboxylic acids is 2. The van der Waals surface area contributed by atoms with E-state index in [0.29, 0.717) is 6.54 Å². The molecule has 0 aromatic rings. The first-order chi connectivity index (χ1) is 7.75. The van der Waals surface area contributed by atoms with Crippen molar-refractivity contribution in [2.75, 3.05) is 20.1 Å². The normalized spacial score (nSPS) is 15.2. The van der Waals surface area contributed by atoms with Crippen LogP contribution in [0.5, 0.6) is 0 Å². The lowest BCUT2D eigenvalue weighted by molar-refractivity contribution is -0.136. The molecule has 0 saturated heterocycles. The molecule has 0 aromatic carbocycles. The molecular formula is C12H20N2O2. The summed E-state index contributed by atoms with van der Waals surface area (Å²) < 4.78 is 0. The maximum absolute atomic E-state index is 11.2. The first-order valence-electron chi connectivity index (χ1n) is 5.94. The number of imide groups is 1. The zero-order chi connectivity index (χ0) is 11.8. The van der Waals surface area contributed by atoms with Crippen LogP contribution in [-0.2, 0) is 9.59 Å². The van der Waals surface area contributed by atoms with Gasteiger partial charge in [0.05, 0.1) is 0 Å². The second-order valence-corrected chi connectivity index (χ2v) is 4.03. The summed E-state index contributed by atoms with van der Waals surface area (Å²) in [6.45, 7) is 1.63. The lowest BCUT2D eigenvalue weighted by Crippen LogP contribution is -2.30. The molecule has 0 aromatic heterocycles. The van der Waals surface area contributed by atoms with Crippen LogP contribution >= 0.6 is 0 Å². The zero-order valence-electron chi connectivity index (χ0n) is 9.87. The highest BCUT2D eigenvalue weighted by atomic mass is 16.2. The largest absolute Gasteiger partial charge is 0.320 e. The second kappa shape index (κ2) is 7.17. The van der Waals surface area contributed by atoms with Crippen molar-refractivity contribution in [3.8, 4) is 0 Å². The van der Waals surface area contributed by atoms with Crippen LogP contribution in [-0.4, -0.2) is 36.9 Å². The Morgan fingerprint density at radius 2 is 1.56 bits per heavy atom. The molecule has 0 fully saturated rings. The van der Waals surface area contributed by atoms with Crippen molar-refractivity contribution in [3.05, 3.63) is 12.2 Å². The van der Waals surface area contributed by atoms with Crippen LogP contribution < -0.4 is 5.32 Å². The lowest BCUT2D eigenvalue weighted by Gasteiger charge is -2.12. The van der Waals surface area contributed by atoms with Gasteiger partial charge in [-0.3, -0.25) is 14.5 Å². The Kier molecular flexibility index (Phi) is 5.78. The van der Waals surface area contributed by atoms with Gasteiger partial charge < -0.3 is 5.32 Å². The van der Waals surface area contributed by atoms with Crippen LogP contribution in [0.25, 0.3) is 0 Å². The van der Waals surface area contributed by atoms with Crippen LogP contribution in [0.2, 0.25) is 0 Å². The van der Waals surface area contributed by atoms with E-state index in [2.05, 4.69) is 5.32 Å². The SMILES string of the molecule is CNCCCCCCCN1C(=O)C=CC1=O. The summed E-state index contributed by atoms with van der Waals surface area (Å²) in [5.41, 5.74) is 0. The molecule has 0 atom stereocenters. The quantitative estimate of drug-likeness (QED) is 0.496. The van der Waals surface area contributed by atoms with Crippen molar-refractivity contribution in [1.29, 1.82) is 0 Å². The van der Waals surface area contributed by atoms with Gasteiger partial charge in [0.25, 0.3) is 11.8 Å². The molecule has 0 aliphatic carbocycles. The smallest absolute Gasteiger partial charge is 0.253 e. The summed E-state index contributed by atoms with van der Waals surface area (Å²) in [5.74, 6) is -0.333. The van der Waals surface area contributed by atoms with Crippen LogP contribution in [0.3, 0.4) is 0 Å². The molecule has 16 heavy (non-hydrogen) atoms. The van der Waals surface area contributed by atoms with Crippen LogP contribution in [0, 0.1) is 0 Å². The molecular weight excluding hydrogens is 204 g/mol. The van der Waals surface area contributed by atoms with Crippen molar-refractivity contribution in [1.82, 2.24) is 10.2 Å². The Balaban J connectivity index is 1.99. The summed E-state index contributed by atoms with van der Waals surface area (Å²) in [7, 11) is 1.96. The maximum Gasteiger partial charge on any atom is 0.253 e. The fourth-order valence-electron chi connectivity index (χ4n) is 1.75. The maximum atomic E-state index is 11.2. The first-order valence-corrected chi connectivity index (χ1v) is 5.94. The van der Waals surface area contributed by atoms with E-state index in [1.807, 2.05) is 7.05 Å². The van der Waals surface area contributed by atoms with Crippen molar-refractivity contribution >= 4 is 11.8 Å². The van der Waals surface area contributed by atoms with Gasteiger partial charge in [0, 0.05) is 18.7 Å². The van der Waals surface area contributed by atoms with Gasteiger partial charge in [-0.1, -0.05) is 19.3 Å². The fourth-order valence-corrected chi connectivity index (χ4v) is 1.75. The average molecular weight is 224 g/mol. The molecule has 2 amide bonds. The molecule has 0 spiro atoms. The van der Waals surface area contributed by atoms with Gasteiger partial charge in [0.15, 0.2) is 0 Å².